The zero-order valence-electron chi connectivity index (χ0n) is 21.5. The summed E-state index contributed by atoms with van der Waals surface area (Å²) in [7, 11) is 0. The van der Waals surface area contributed by atoms with Gasteiger partial charge in [-0.25, -0.2) is 9.37 Å². The van der Waals surface area contributed by atoms with Crippen molar-refractivity contribution in [2.24, 2.45) is 0 Å². The Balaban J connectivity index is 1.36. The molecule has 1 N–H and O–H groups in total. The van der Waals surface area contributed by atoms with E-state index in [2.05, 4.69) is 16.8 Å². The van der Waals surface area contributed by atoms with E-state index < -0.39 is 12.1 Å². The van der Waals surface area contributed by atoms with E-state index in [-0.39, 0.29) is 24.3 Å². The second-order valence-electron chi connectivity index (χ2n) is 9.69. The van der Waals surface area contributed by atoms with Crippen molar-refractivity contribution in [3.8, 4) is 34.6 Å². The van der Waals surface area contributed by atoms with Crippen LogP contribution >= 0.6 is 0 Å². The van der Waals surface area contributed by atoms with Gasteiger partial charge >= 0.3 is 5.97 Å². The lowest BCUT2D eigenvalue weighted by molar-refractivity contribution is -0.137. The molecule has 1 aliphatic heterocycles. The molecule has 1 saturated heterocycles. The number of pyridine rings is 1. The summed E-state index contributed by atoms with van der Waals surface area (Å²) in [5.41, 5.74) is 5.24. The van der Waals surface area contributed by atoms with Gasteiger partial charge in [-0.1, -0.05) is 24.1 Å². The number of ether oxygens (including phenoxy) is 3. The fourth-order valence-electron chi connectivity index (χ4n) is 5.24. The van der Waals surface area contributed by atoms with Gasteiger partial charge in [-0.3, -0.25) is 4.79 Å². The summed E-state index contributed by atoms with van der Waals surface area (Å²) in [6.07, 6.45) is 3.54. The van der Waals surface area contributed by atoms with Crippen LogP contribution in [0.5, 0.6) is 11.6 Å². The van der Waals surface area contributed by atoms with E-state index in [0.29, 0.717) is 43.2 Å². The molecule has 3 atom stereocenters. The van der Waals surface area contributed by atoms with Crippen molar-refractivity contribution in [3.05, 3.63) is 76.7 Å². The molecule has 0 radical (unpaired) electrons. The lowest BCUT2D eigenvalue weighted by Gasteiger charge is -2.18. The molecule has 196 valence electrons. The molecule has 6 nitrogen and oxygen atoms in total. The van der Waals surface area contributed by atoms with Gasteiger partial charge in [-0.2, -0.15) is 0 Å². The molecule has 5 rings (SSSR count). The van der Waals surface area contributed by atoms with Crippen molar-refractivity contribution < 1.29 is 28.5 Å². The van der Waals surface area contributed by atoms with Crippen molar-refractivity contribution in [1.82, 2.24) is 4.98 Å². The van der Waals surface area contributed by atoms with Crippen LogP contribution in [-0.2, 0) is 16.0 Å². The van der Waals surface area contributed by atoms with Crippen LogP contribution in [0.4, 0.5) is 4.39 Å². The van der Waals surface area contributed by atoms with Crippen molar-refractivity contribution in [3.63, 3.8) is 0 Å². The Bertz CT molecular complexity index is 1390. The SMILES string of the molecule is CC#C[C@@H](CC(=O)O)c1ccc(O[C@@H]2CCc3c(-c4cnc(O[C@@H]5CCOC5)cc4C)ccc(F)c32)cc1. The number of fused-ring (bicyclic) bond motifs is 1. The normalized spacial score (nSPS) is 18.8. The Kier molecular flexibility index (Phi) is 7.62. The third-order valence-corrected chi connectivity index (χ3v) is 7.09. The molecular weight excluding hydrogens is 485 g/mol. The summed E-state index contributed by atoms with van der Waals surface area (Å²) in [4.78, 5) is 15.7. The highest BCUT2D eigenvalue weighted by atomic mass is 19.1. The van der Waals surface area contributed by atoms with E-state index in [4.69, 9.17) is 14.2 Å². The number of hydrogen-bond acceptors (Lipinski definition) is 5. The summed E-state index contributed by atoms with van der Waals surface area (Å²) >= 11 is 0. The molecule has 0 unspecified atom stereocenters. The largest absolute Gasteiger partial charge is 0.486 e. The summed E-state index contributed by atoms with van der Waals surface area (Å²) < 4.78 is 32.7. The van der Waals surface area contributed by atoms with Crippen LogP contribution in [0.15, 0.2) is 48.7 Å². The number of benzene rings is 2. The number of aryl methyl sites for hydroxylation is 1. The lowest BCUT2D eigenvalue weighted by Crippen LogP contribution is -2.16. The minimum Gasteiger partial charge on any atom is -0.486 e. The molecule has 3 aromatic rings. The second kappa shape index (κ2) is 11.2. The number of halogens is 1. The van der Waals surface area contributed by atoms with Gasteiger partial charge in [0.05, 0.1) is 25.6 Å². The summed E-state index contributed by atoms with van der Waals surface area (Å²) in [6, 6.07) is 12.5. The molecule has 1 aliphatic carbocycles. The average molecular weight is 516 g/mol. The average Bonchev–Trinajstić information content (AvgIpc) is 3.56. The van der Waals surface area contributed by atoms with Gasteiger partial charge in [0.1, 0.15) is 23.8 Å². The van der Waals surface area contributed by atoms with Gasteiger partial charge in [0.15, 0.2) is 0 Å². The van der Waals surface area contributed by atoms with Gasteiger partial charge in [0, 0.05) is 29.8 Å². The first-order valence-corrected chi connectivity index (χ1v) is 12.9. The van der Waals surface area contributed by atoms with E-state index in [1.54, 1.807) is 25.3 Å². The molecule has 0 amide bonds. The Hall–Kier alpha value is -3.89. The minimum atomic E-state index is -0.900. The molecular formula is C31H30FNO5. The third kappa shape index (κ3) is 5.51. The van der Waals surface area contributed by atoms with E-state index in [1.807, 2.05) is 31.2 Å². The lowest BCUT2D eigenvalue weighted by atomic mass is 9.94. The van der Waals surface area contributed by atoms with Crippen LogP contribution in [0, 0.1) is 24.6 Å². The predicted octanol–water partition coefficient (Wildman–Crippen LogP) is 6.01. The first-order chi connectivity index (χ1) is 18.4. The molecule has 0 bridgehead atoms. The van der Waals surface area contributed by atoms with Gasteiger partial charge in [-0.15, -0.1) is 5.92 Å². The third-order valence-electron chi connectivity index (χ3n) is 7.09. The molecule has 1 aromatic heterocycles. The van der Waals surface area contributed by atoms with E-state index in [1.165, 1.54) is 6.07 Å². The Labute approximate surface area is 221 Å². The fraction of sp³-hybridized carbons (Fsp3) is 0.355. The molecule has 38 heavy (non-hydrogen) atoms. The molecule has 2 heterocycles. The van der Waals surface area contributed by atoms with Crippen LogP contribution in [0.25, 0.3) is 11.1 Å². The van der Waals surface area contributed by atoms with Crippen LogP contribution < -0.4 is 9.47 Å². The quantitative estimate of drug-likeness (QED) is 0.370. The zero-order valence-corrected chi connectivity index (χ0v) is 21.5. The number of carboxylic acid groups (broad SMARTS) is 1. The molecule has 2 aromatic carbocycles. The number of hydrogen-bond donors (Lipinski definition) is 1. The second-order valence-corrected chi connectivity index (χ2v) is 9.69. The number of carbonyl (C=O) groups is 1. The van der Waals surface area contributed by atoms with Crippen LogP contribution in [0.3, 0.4) is 0 Å². The number of rotatable bonds is 8. The summed E-state index contributed by atoms with van der Waals surface area (Å²) in [5.74, 6) is 5.35. The van der Waals surface area contributed by atoms with E-state index in [0.717, 1.165) is 34.2 Å². The highest BCUT2D eigenvalue weighted by molar-refractivity contribution is 5.72. The first kappa shape index (κ1) is 25.7. The molecule has 0 saturated carbocycles. The predicted molar refractivity (Wildman–Crippen MR) is 141 cm³/mol. The number of aromatic nitrogens is 1. The highest BCUT2D eigenvalue weighted by Crippen LogP contribution is 2.42. The maximum Gasteiger partial charge on any atom is 0.304 e. The summed E-state index contributed by atoms with van der Waals surface area (Å²) in [5, 5.41) is 9.19. The number of nitrogens with zero attached hydrogens (tertiary/aromatic N) is 1. The van der Waals surface area contributed by atoms with Crippen molar-refractivity contribution >= 4 is 5.97 Å². The molecule has 1 fully saturated rings. The Morgan fingerprint density at radius 3 is 2.68 bits per heavy atom. The monoisotopic (exact) mass is 515 g/mol. The van der Waals surface area contributed by atoms with Gasteiger partial charge < -0.3 is 19.3 Å². The Morgan fingerprint density at radius 1 is 1.18 bits per heavy atom. The maximum atomic E-state index is 15.1. The maximum absolute atomic E-state index is 15.1. The fourth-order valence-corrected chi connectivity index (χ4v) is 5.24. The summed E-state index contributed by atoms with van der Waals surface area (Å²) in [6.45, 7) is 4.98. The van der Waals surface area contributed by atoms with Crippen molar-refractivity contribution in [2.75, 3.05) is 13.2 Å². The number of carboxylic acids is 1. The van der Waals surface area contributed by atoms with Crippen LogP contribution in [0.2, 0.25) is 0 Å². The van der Waals surface area contributed by atoms with Crippen molar-refractivity contribution in [2.45, 2.75) is 57.7 Å². The van der Waals surface area contributed by atoms with E-state index in [9.17, 15) is 9.90 Å². The first-order valence-electron chi connectivity index (χ1n) is 12.9. The van der Waals surface area contributed by atoms with Crippen molar-refractivity contribution in [1.29, 1.82) is 0 Å². The smallest absolute Gasteiger partial charge is 0.304 e. The van der Waals surface area contributed by atoms with Crippen LogP contribution in [0.1, 0.15) is 60.5 Å². The number of aliphatic carboxylic acids is 1. The minimum absolute atomic E-state index is 0.0254. The van der Waals surface area contributed by atoms with Gasteiger partial charge in [0.25, 0.3) is 0 Å². The zero-order chi connectivity index (χ0) is 26.6. The van der Waals surface area contributed by atoms with Gasteiger partial charge in [-0.05, 0) is 67.1 Å². The van der Waals surface area contributed by atoms with Gasteiger partial charge in [0.2, 0.25) is 5.88 Å². The highest BCUT2D eigenvalue weighted by Gasteiger charge is 2.31. The molecule has 7 heteroatoms. The van der Waals surface area contributed by atoms with E-state index >= 15 is 4.39 Å². The standard InChI is InChI=1S/C31H30FNO5/c1-3-4-21(16-30(34)35)20-5-7-22(8-6-20)37-28-12-10-25-24(9-11-27(32)31(25)28)26-17-33-29(15-19(26)2)38-23-13-14-36-18-23/h5-9,11,15,17,21,23,28H,10,12-14,16,18H2,1-2H3,(H,34,35)/t21-,23+,28+/m0/s1. The Morgan fingerprint density at radius 2 is 2.00 bits per heavy atom. The topological polar surface area (TPSA) is 77.9 Å². The molecule has 2 aliphatic rings. The molecule has 0 spiro atoms. The van der Waals surface area contributed by atoms with Crippen LogP contribution in [-0.4, -0.2) is 35.4 Å².